The molecule has 0 aromatic heterocycles. The van der Waals surface area contributed by atoms with E-state index in [1.54, 1.807) is 41.3 Å². The zero-order valence-corrected chi connectivity index (χ0v) is 15.2. The fourth-order valence-electron chi connectivity index (χ4n) is 3.10. The van der Waals surface area contributed by atoms with E-state index in [1.807, 2.05) is 6.92 Å². The molecule has 3 rings (SSSR count). The molecule has 1 saturated heterocycles. The number of nitrogens with zero attached hydrogens (tertiary/aromatic N) is 2. The van der Waals surface area contributed by atoms with Crippen molar-refractivity contribution in [2.24, 2.45) is 0 Å². The van der Waals surface area contributed by atoms with Crippen molar-refractivity contribution in [1.82, 2.24) is 9.80 Å². The zero-order chi connectivity index (χ0) is 19.4. The maximum absolute atomic E-state index is 13.4. The minimum absolute atomic E-state index is 0.151. The third-order valence-corrected chi connectivity index (χ3v) is 4.63. The summed E-state index contributed by atoms with van der Waals surface area (Å²) in [4.78, 5) is 39.0. The molecular formula is C21H21FN2O3. The second-order valence-corrected chi connectivity index (χ2v) is 6.52. The molecule has 1 fully saturated rings. The zero-order valence-electron chi connectivity index (χ0n) is 15.2. The van der Waals surface area contributed by atoms with E-state index < -0.39 is 0 Å². The monoisotopic (exact) mass is 368 g/mol. The van der Waals surface area contributed by atoms with Crippen LogP contribution in [0.1, 0.15) is 41.3 Å². The first-order chi connectivity index (χ1) is 13.0. The summed E-state index contributed by atoms with van der Waals surface area (Å²) in [5.74, 6) is -0.798. The number of imide groups is 1. The van der Waals surface area contributed by atoms with Gasteiger partial charge in [-0.3, -0.25) is 19.3 Å². The molecule has 0 aliphatic carbocycles. The Morgan fingerprint density at radius 1 is 1.04 bits per heavy atom. The van der Waals surface area contributed by atoms with Gasteiger partial charge in [0, 0.05) is 31.5 Å². The number of rotatable bonds is 6. The molecule has 0 atom stereocenters. The number of hydrogen-bond acceptors (Lipinski definition) is 3. The van der Waals surface area contributed by atoms with Gasteiger partial charge in [0.1, 0.15) is 5.82 Å². The third kappa shape index (κ3) is 4.39. The Morgan fingerprint density at radius 2 is 1.70 bits per heavy atom. The van der Waals surface area contributed by atoms with Crippen LogP contribution in [0.3, 0.4) is 0 Å². The third-order valence-electron chi connectivity index (χ3n) is 4.63. The molecule has 0 bridgehead atoms. The van der Waals surface area contributed by atoms with Crippen LogP contribution in [-0.2, 0) is 22.7 Å². The van der Waals surface area contributed by atoms with Crippen molar-refractivity contribution < 1.29 is 18.8 Å². The van der Waals surface area contributed by atoms with E-state index in [4.69, 9.17) is 0 Å². The van der Waals surface area contributed by atoms with E-state index in [0.29, 0.717) is 18.7 Å². The second-order valence-electron chi connectivity index (χ2n) is 6.52. The smallest absolute Gasteiger partial charge is 0.254 e. The molecule has 0 N–H and O–H groups in total. The van der Waals surface area contributed by atoms with Crippen molar-refractivity contribution >= 4 is 17.7 Å². The van der Waals surface area contributed by atoms with Crippen LogP contribution in [0.15, 0.2) is 48.5 Å². The highest BCUT2D eigenvalue weighted by Gasteiger charge is 2.28. The van der Waals surface area contributed by atoms with Crippen LogP contribution in [0.4, 0.5) is 4.39 Å². The summed E-state index contributed by atoms with van der Waals surface area (Å²) < 4.78 is 13.4. The highest BCUT2D eigenvalue weighted by atomic mass is 19.1. The first-order valence-electron chi connectivity index (χ1n) is 8.93. The van der Waals surface area contributed by atoms with E-state index in [0.717, 1.165) is 11.1 Å². The second kappa shape index (κ2) is 8.12. The molecule has 2 aromatic carbocycles. The van der Waals surface area contributed by atoms with Crippen LogP contribution < -0.4 is 0 Å². The minimum Gasteiger partial charge on any atom is -0.335 e. The Labute approximate surface area is 157 Å². The molecule has 140 valence electrons. The average molecular weight is 368 g/mol. The quantitative estimate of drug-likeness (QED) is 0.736. The van der Waals surface area contributed by atoms with Gasteiger partial charge in [0.15, 0.2) is 0 Å². The Hall–Kier alpha value is -3.02. The van der Waals surface area contributed by atoms with Crippen molar-refractivity contribution in [3.8, 4) is 0 Å². The molecule has 1 aliphatic heterocycles. The van der Waals surface area contributed by atoms with Crippen LogP contribution in [0.25, 0.3) is 0 Å². The van der Waals surface area contributed by atoms with Gasteiger partial charge in [-0.25, -0.2) is 4.39 Å². The van der Waals surface area contributed by atoms with Crippen molar-refractivity contribution in [3.63, 3.8) is 0 Å². The Bertz CT molecular complexity index is 848. The largest absolute Gasteiger partial charge is 0.335 e. The molecule has 3 amide bonds. The standard InChI is InChI=1S/C21H21FN2O3/c1-2-23(13-16-4-3-5-18(22)12-16)21(27)17-8-6-15(7-9-17)14-24-19(25)10-11-20(24)26/h3-9,12H,2,10-11,13-14H2,1H3. The number of benzene rings is 2. The van der Waals surface area contributed by atoms with E-state index in [2.05, 4.69) is 0 Å². The lowest BCUT2D eigenvalue weighted by atomic mass is 10.1. The predicted molar refractivity (Wildman–Crippen MR) is 98.0 cm³/mol. The maximum atomic E-state index is 13.4. The van der Waals surface area contributed by atoms with Crippen LogP contribution in [0.2, 0.25) is 0 Å². The normalized spacial score (nSPS) is 13.9. The molecule has 1 heterocycles. The topological polar surface area (TPSA) is 57.7 Å². The number of carbonyl (C=O) groups excluding carboxylic acids is 3. The number of carbonyl (C=O) groups is 3. The van der Waals surface area contributed by atoms with E-state index in [-0.39, 0.29) is 42.9 Å². The minimum atomic E-state index is -0.327. The van der Waals surface area contributed by atoms with Crippen LogP contribution >= 0.6 is 0 Å². The summed E-state index contributed by atoms with van der Waals surface area (Å²) in [6, 6.07) is 13.1. The molecule has 0 spiro atoms. The summed E-state index contributed by atoms with van der Waals surface area (Å²) in [5, 5.41) is 0. The van der Waals surface area contributed by atoms with Gasteiger partial charge >= 0.3 is 0 Å². The molecule has 1 aliphatic rings. The molecular weight excluding hydrogens is 347 g/mol. The van der Waals surface area contributed by atoms with Crippen molar-refractivity contribution in [2.75, 3.05) is 6.54 Å². The van der Waals surface area contributed by atoms with Gasteiger partial charge in [-0.1, -0.05) is 24.3 Å². The lowest BCUT2D eigenvalue weighted by Crippen LogP contribution is -2.30. The molecule has 27 heavy (non-hydrogen) atoms. The number of hydrogen-bond donors (Lipinski definition) is 0. The van der Waals surface area contributed by atoms with E-state index >= 15 is 0 Å². The first kappa shape index (κ1) is 18.8. The van der Waals surface area contributed by atoms with Crippen molar-refractivity contribution in [3.05, 3.63) is 71.0 Å². The lowest BCUT2D eigenvalue weighted by Gasteiger charge is -2.21. The highest BCUT2D eigenvalue weighted by molar-refractivity contribution is 6.01. The SMILES string of the molecule is CCN(Cc1cccc(F)c1)C(=O)c1ccc(CN2C(=O)CCC2=O)cc1. The van der Waals surface area contributed by atoms with Crippen molar-refractivity contribution in [1.29, 1.82) is 0 Å². The average Bonchev–Trinajstić information content (AvgIpc) is 2.98. The summed E-state index contributed by atoms with van der Waals surface area (Å²) in [6.45, 7) is 2.92. The van der Waals surface area contributed by atoms with Gasteiger partial charge in [0.2, 0.25) is 11.8 Å². The Balaban J connectivity index is 1.68. The van der Waals surface area contributed by atoms with Gasteiger partial charge in [0.05, 0.1) is 6.54 Å². The summed E-state index contributed by atoms with van der Waals surface area (Å²) >= 11 is 0. The number of amides is 3. The van der Waals surface area contributed by atoms with E-state index in [1.165, 1.54) is 17.0 Å². The van der Waals surface area contributed by atoms with Gasteiger partial charge in [-0.2, -0.15) is 0 Å². The number of likely N-dealkylation sites (tertiary alicyclic amines) is 1. The van der Waals surface area contributed by atoms with Gasteiger partial charge in [-0.05, 0) is 42.3 Å². The number of halogens is 1. The Morgan fingerprint density at radius 3 is 2.30 bits per heavy atom. The predicted octanol–water partition coefficient (Wildman–Crippen LogP) is 3.14. The first-order valence-corrected chi connectivity index (χ1v) is 8.93. The molecule has 2 aromatic rings. The summed E-state index contributed by atoms with van der Waals surface area (Å²) in [7, 11) is 0. The van der Waals surface area contributed by atoms with Gasteiger partial charge < -0.3 is 4.90 Å². The van der Waals surface area contributed by atoms with Crippen LogP contribution in [0.5, 0.6) is 0 Å². The van der Waals surface area contributed by atoms with E-state index in [9.17, 15) is 18.8 Å². The molecule has 0 saturated carbocycles. The highest BCUT2D eigenvalue weighted by Crippen LogP contribution is 2.17. The van der Waals surface area contributed by atoms with Crippen molar-refractivity contribution in [2.45, 2.75) is 32.9 Å². The Kier molecular flexibility index (Phi) is 5.64. The summed E-state index contributed by atoms with van der Waals surface area (Å²) in [5.41, 5.74) is 2.03. The fourth-order valence-corrected chi connectivity index (χ4v) is 3.10. The lowest BCUT2D eigenvalue weighted by molar-refractivity contribution is -0.139. The fraction of sp³-hybridized carbons (Fsp3) is 0.286. The van der Waals surface area contributed by atoms with Gasteiger partial charge in [-0.15, -0.1) is 0 Å². The molecule has 5 nitrogen and oxygen atoms in total. The maximum Gasteiger partial charge on any atom is 0.254 e. The molecule has 6 heteroatoms. The van der Waals surface area contributed by atoms with Crippen LogP contribution in [0, 0.1) is 5.82 Å². The molecule has 0 unspecified atom stereocenters. The van der Waals surface area contributed by atoms with Crippen LogP contribution in [-0.4, -0.2) is 34.1 Å². The summed E-state index contributed by atoms with van der Waals surface area (Å²) in [6.07, 6.45) is 0.530. The molecule has 0 radical (unpaired) electrons. The van der Waals surface area contributed by atoms with Gasteiger partial charge in [0.25, 0.3) is 5.91 Å².